The third-order valence-electron chi connectivity index (χ3n) is 16.7. The Labute approximate surface area is 446 Å². The number of nitrogens with two attached hydrogens (primary N) is 1. The van der Waals surface area contributed by atoms with Crippen molar-refractivity contribution in [2.45, 2.75) is 81.3 Å². The topological polar surface area (TPSA) is 190 Å². The van der Waals surface area contributed by atoms with Crippen LogP contribution >= 0.6 is 0 Å². The van der Waals surface area contributed by atoms with Crippen molar-refractivity contribution in [3.8, 4) is 34.5 Å². The number of carbonyl (C=O) groups excluding carboxylic acids is 2. The smallest absolute Gasteiger partial charge is 0.319 e. The molecule has 2 unspecified atom stereocenters. The molecule has 402 valence electrons. The predicted octanol–water partition coefficient (Wildman–Crippen LogP) is 9.18. The first-order chi connectivity index (χ1) is 37.8. The maximum absolute atomic E-state index is 17.4. The second-order valence-electron chi connectivity index (χ2n) is 21.1. The van der Waals surface area contributed by atoms with Crippen molar-refractivity contribution in [1.82, 2.24) is 45.0 Å². The number of rotatable bonds is 17. The molecule has 4 N–H and O–H groups in total. The quantitative estimate of drug-likeness (QED) is 0.0732. The van der Waals surface area contributed by atoms with Gasteiger partial charge in [-0.05, 0) is 99.5 Å². The van der Waals surface area contributed by atoms with Gasteiger partial charge in [0.05, 0.1) is 21.9 Å². The van der Waals surface area contributed by atoms with Gasteiger partial charge in [-0.2, -0.15) is 19.9 Å². The summed E-state index contributed by atoms with van der Waals surface area (Å²) in [4.78, 5) is 58.4. The maximum atomic E-state index is 17.4. The van der Waals surface area contributed by atoms with Crippen LogP contribution in [0, 0.1) is 23.3 Å². The number of amides is 2. The van der Waals surface area contributed by atoms with Crippen LogP contribution in [0.25, 0.3) is 65.9 Å². The van der Waals surface area contributed by atoms with Crippen molar-refractivity contribution < 1.29 is 36.6 Å². The lowest BCUT2D eigenvalue weighted by Crippen LogP contribution is -2.44. The summed E-state index contributed by atoms with van der Waals surface area (Å²) in [6.45, 7) is 3.57. The monoisotopic (exact) mass is 1060 g/mol. The number of ether oxygens (including phenoxy) is 2. The molecule has 78 heavy (non-hydrogen) atoms. The van der Waals surface area contributed by atoms with Crippen molar-refractivity contribution in [3.63, 3.8) is 0 Å². The summed E-state index contributed by atoms with van der Waals surface area (Å²) in [6, 6.07) is 18.0. The fourth-order valence-corrected chi connectivity index (χ4v) is 12.8. The van der Waals surface area contributed by atoms with E-state index < -0.39 is 34.7 Å². The first-order valence-electron chi connectivity index (χ1n) is 26.7. The van der Waals surface area contributed by atoms with Gasteiger partial charge in [0, 0.05) is 80.4 Å². The summed E-state index contributed by atoms with van der Waals surface area (Å²) >= 11 is 0. The minimum absolute atomic E-state index is 0.00578. The molecule has 4 aromatic carbocycles. The van der Waals surface area contributed by atoms with Crippen LogP contribution < -0.4 is 30.7 Å². The molecule has 2 amide bonds. The van der Waals surface area contributed by atoms with Crippen LogP contribution in [0.3, 0.4) is 0 Å². The number of nitrogens with one attached hydrogen (secondary N) is 2. The lowest BCUT2D eigenvalue weighted by Gasteiger charge is -2.35. The molecule has 20 heteroatoms. The van der Waals surface area contributed by atoms with Gasteiger partial charge in [-0.3, -0.25) is 29.4 Å². The number of pyridine rings is 2. The largest absolute Gasteiger partial charge is 0.461 e. The number of anilines is 2. The fourth-order valence-electron chi connectivity index (χ4n) is 12.8. The zero-order valence-corrected chi connectivity index (χ0v) is 43.4. The van der Waals surface area contributed by atoms with Gasteiger partial charge < -0.3 is 30.7 Å². The van der Waals surface area contributed by atoms with Gasteiger partial charge in [0.1, 0.15) is 58.9 Å². The molecule has 4 aliphatic rings. The molecule has 0 bridgehead atoms. The zero-order valence-electron chi connectivity index (χ0n) is 43.4. The first-order valence-corrected chi connectivity index (χ1v) is 26.7. The Balaban J connectivity index is 0.865. The van der Waals surface area contributed by atoms with Gasteiger partial charge in [-0.1, -0.05) is 54.6 Å². The molecular formula is C58H58F4N12O4. The van der Waals surface area contributed by atoms with Crippen LogP contribution in [-0.4, -0.2) is 123 Å². The average Bonchev–Trinajstić information content (AvgIpc) is 4.30. The van der Waals surface area contributed by atoms with E-state index in [1.165, 1.54) is 24.5 Å². The van der Waals surface area contributed by atoms with E-state index in [4.69, 9.17) is 20.2 Å². The number of benzene rings is 4. The molecule has 0 radical (unpaired) electrons. The highest BCUT2D eigenvalue weighted by molar-refractivity contribution is 6.02. The molecule has 4 aliphatic heterocycles. The van der Waals surface area contributed by atoms with E-state index in [0.29, 0.717) is 48.0 Å². The minimum atomic E-state index is -0.788. The molecule has 4 saturated heterocycles. The highest BCUT2D eigenvalue weighted by atomic mass is 19.1. The lowest BCUT2D eigenvalue weighted by atomic mass is 9.92. The predicted molar refractivity (Wildman–Crippen MR) is 289 cm³/mol. The molecule has 8 aromatic rings. The third-order valence-corrected chi connectivity index (χ3v) is 16.7. The van der Waals surface area contributed by atoms with Crippen molar-refractivity contribution in [3.05, 3.63) is 108 Å². The minimum Gasteiger partial charge on any atom is -0.461 e. The summed E-state index contributed by atoms with van der Waals surface area (Å²) in [5.41, 5.74) is 5.93. The Hall–Kier alpha value is -7.84. The fraction of sp³-hybridized carbons (Fsp3) is 0.379. The Morgan fingerprint density at radius 3 is 2.08 bits per heavy atom. The molecular weight excluding hydrogens is 1000 g/mol. The molecule has 4 fully saturated rings. The molecule has 0 aliphatic carbocycles. The van der Waals surface area contributed by atoms with Gasteiger partial charge >= 0.3 is 12.0 Å². The Kier molecular flexibility index (Phi) is 13.4. The van der Waals surface area contributed by atoms with E-state index in [9.17, 15) is 9.59 Å². The summed E-state index contributed by atoms with van der Waals surface area (Å²) in [5.74, 6) is -2.78. The van der Waals surface area contributed by atoms with Crippen molar-refractivity contribution in [2.24, 2.45) is 5.73 Å². The van der Waals surface area contributed by atoms with E-state index in [0.717, 1.165) is 57.2 Å². The molecule has 4 aromatic heterocycles. The van der Waals surface area contributed by atoms with Gasteiger partial charge in [0.2, 0.25) is 11.8 Å². The number of carbonyl (C=O) groups is 2. The van der Waals surface area contributed by atoms with E-state index in [1.807, 2.05) is 6.07 Å². The highest BCUT2D eigenvalue weighted by Crippen LogP contribution is 2.51. The lowest BCUT2D eigenvalue weighted by molar-refractivity contribution is -0.120. The normalized spacial score (nSPS) is 19.0. The summed E-state index contributed by atoms with van der Waals surface area (Å²) in [5, 5.41) is 7.92. The van der Waals surface area contributed by atoms with Crippen LogP contribution in [0.2, 0.25) is 0 Å². The highest BCUT2D eigenvalue weighted by Gasteiger charge is 2.51. The summed E-state index contributed by atoms with van der Waals surface area (Å²) in [7, 11) is 3.27. The Morgan fingerprint density at radius 1 is 0.718 bits per heavy atom. The summed E-state index contributed by atoms with van der Waals surface area (Å²) < 4.78 is 79.2. The Bertz CT molecular complexity index is 3690. The average molecular weight is 1060 g/mol. The van der Waals surface area contributed by atoms with E-state index in [-0.39, 0.29) is 118 Å². The van der Waals surface area contributed by atoms with Crippen LogP contribution in [-0.2, 0) is 9.59 Å². The molecule has 8 heterocycles. The number of primary amides is 1. The van der Waals surface area contributed by atoms with Gasteiger partial charge in [-0.15, -0.1) is 0 Å². The number of aromatic nitrogens is 6. The molecule has 2 atom stereocenters. The van der Waals surface area contributed by atoms with Crippen molar-refractivity contribution in [1.29, 1.82) is 0 Å². The number of halogens is 4. The number of fused-ring (bicyclic) bond motifs is 6. The second kappa shape index (κ2) is 20.5. The number of hydrogen-bond donors (Lipinski definition) is 3. The Morgan fingerprint density at radius 2 is 1.35 bits per heavy atom. The standard InChI is InChI=1S/C58H58F4N12O4/c1-64-44(76)18-24-65-53-38-29-66-49(36-12-3-9-33-10-4-14-40(59)45(33)36)47(61)51(38)68-55(70-53)78-32-58-22-8-27-74(58)42(17-23-58)34-15-16-41(60)46-35(34)11-5-13-37(46)50-48(62)52-39(30-67-50)54(72(2)28-19-43(63)75)71-56(69-52)77-31-57-20-6-25-73(57)26-7-21-57/h3-5,9-16,29-30,42H,6-8,17-28,31-32H2,1-2H3,(H2,63,75)(H,64,76)(H,65,68,70). The van der Waals surface area contributed by atoms with E-state index in [2.05, 4.69) is 45.4 Å². The third kappa shape index (κ3) is 8.97. The second-order valence-corrected chi connectivity index (χ2v) is 21.1. The maximum Gasteiger partial charge on any atom is 0.319 e. The van der Waals surface area contributed by atoms with E-state index in [1.54, 1.807) is 67.5 Å². The SMILES string of the molecule is CNC(=O)CCNc1nc(OCC23CCCN2C(c2ccc(F)c4c(-c5ncc6c(N(C)CCC(N)=O)nc(OCC78CCCN7CCC8)nc6c5F)cccc24)CC3)nc2c(F)c(-c3cccc4cccc(F)c34)ncc12. The van der Waals surface area contributed by atoms with Crippen molar-refractivity contribution in [2.75, 3.05) is 70.2 Å². The molecule has 16 nitrogen and oxygen atoms in total. The van der Waals surface area contributed by atoms with Crippen LogP contribution in [0.15, 0.2) is 79.1 Å². The van der Waals surface area contributed by atoms with Crippen molar-refractivity contribution >= 4 is 66.8 Å². The first kappa shape index (κ1) is 50.9. The number of nitrogens with zero attached hydrogens (tertiary/aromatic N) is 9. The number of hydrogen-bond acceptors (Lipinski definition) is 14. The zero-order chi connectivity index (χ0) is 53.9. The van der Waals surface area contributed by atoms with Gasteiger partial charge in [-0.25, -0.2) is 17.6 Å². The van der Waals surface area contributed by atoms with Gasteiger partial charge in [0.15, 0.2) is 11.6 Å². The van der Waals surface area contributed by atoms with Crippen LogP contribution in [0.4, 0.5) is 29.2 Å². The summed E-state index contributed by atoms with van der Waals surface area (Å²) in [6.07, 6.45) is 10.2. The molecule has 0 spiro atoms. The molecule has 0 saturated carbocycles. The van der Waals surface area contributed by atoms with Gasteiger partial charge in [0.25, 0.3) is 0 Å². The van der Waals surface area contributed by atoms with Crippen LogP contribution in [0.5, 0.6) is 12.0 Å². The van der Waals surface area contributed by atoms with Crippen LogP contribution in [0.1, 0.15) is 75.8 Å². The van der Waals surface area contributed by atoms with E-state index >= 15 is 17.6 Å². The molecule has 12 rings (SSSR count).